The molecular weight excluding hydrogens is 259 g/mol. The Morgan fingerprint density at radius 1 is 1.50 bits per heavy atom. The van der Waals surface area contributed by atoms with Crippen molar-refractivity contribution in [2.24, 2.45) is 5.41 Å². The summed E-state index contributed by atoms with van der Waals surface area (Å²) in [5.41, 5.74) is -0.760. The monoisotopic (exact) mass is 274 g/mol. The summed E-state index contributed by atoms with van der Waals surface area (Å²) in [5.74, 6) is -0.835. The van der Waals surface area contributed by atoms with Crippen LogP contribution in [0.4, 0.5) is 4.39 Å². The molecule has 1 aromatic rings. The Morgan fingerprint density at radius 2 is 2.17 bits per heavy atom. The van der Waals surface area contributed by atoms with Gasteiger partial charge in [-0.1, -0.05) is 11.6 Å². The second-order valence-corrected chi connectivity index (χ2v) is 5.12. The smallest absolute Gasteiger partial charge is 0.309 e. The molecule has 0 fully saturated rings. The number of halogens is 2. The van der Waals surface area contributed by atoms with E-state index in [0.29, 0.717) is 25.2 Å². The maximum atomic E-state index is 12.9. The molecule has 3 nitrogen and oxygen atoms in total. The van der Waals surface area contributed by atoms with Crippen molar-refractivity contribution in [3.63, 3.8) is 0 Å². The van der Waals surface area contributed by atoms with E-state index in [1.807, 2.05) is 0 Å². The summed E-state index contributed by atoms with van der Waals surface area (Å²) in [7, 11) is 0. The van der Waals surface area contributed by atoms with Gasteiger partial charge in [-0.25, -0.2) is 4.39 Å². The van der Waals surface area contributed by atoms with Crippen molar-refractivity contribution in [3.05, 3.63) is 29.0 Å². The topological polar surface area (TPSA) is 46.5 Å². The van der Waals surface area contributed by atoms with E-state index >= 15 is 0 Å². The third-order valence-corrected chi connectivity index (χ3v) is 2.97. The molecule has 0 spiro atoms. The molecule has 100 valence electrons. The van der Waals surface area contributed by atoms with Gasteiger partial charge in [0.2, 0.25) is 0 Å². The van der Waals surface area contributed by atoms with Gasteiger partial charge in [0, 0.05) is 6.07 Å². The van der Waals surface area contributed by atoms with Crippen LogP contribution >= 0.6 is 11.6 Å². The fourth-order valence-corrected chi connectivity index (χ4v) is 1.55. The zero-order chi connectivity index (χ0) is 13.8. The Hall–Kier alpha value is -1.29. The lowest BCUT2D eigenvalue weighted by Gasteiger charge is -2.18. The number of carboxylic acids is 1. The third-order valence-electron chi connectivity index (χ3n) is 2.68. The molecule has 5 heteroatoms. The van der Waals surface area contributed by atoms with E-state index in [1.165, 1.54) is 18.2 Å². The molecule has 0 radical (unpaired) electrons. The molecule has 0 aliphatic heterocycles. The second kappa shape index (κ2) is 6.05. The molecule has 0 bridgehead atoms. The molecule has 0 saturated carbocycles. The zero-order valence-electron chi connectivity index (χ0n) is 10.4. The number of carboxylic acid groups (broad SMARTS) is 1. The van der Waals surface area contributed by atoms with Gasteiger partial charge in [-0.15, -0.1) is 0 Å². The van der Waals surface area contributed by atoms with Gasteiger partial charge in [-0.3, -0.25) is 4.79 Å². The Bertz CT molecular complexity index is 432. The lowest BCUT2D eigenvalue weighted by molar-refractivity contribution is -0.147. The van der Waals surface area contributed by atoms with Crippen LogP contribution in [0.3, 0.4) is 0 Å². The first-order valence-electron chi connectivity index (χ1n) is 5.64. The number of hydrogen-bond donors (Lipinski definition) is 1. The number of rotatable bonds is 6. The number of hydrogen-bond acceptors (Lipinski definition) is 2. The van der Waals surface area contributed by atoms with Gasteiger partial charge in [-0.2, -0.15) is 0 Å². The van der Waals surface area contributed by atoms with Crippen molar-refractivity contribution in [2.45, 2.75) is 26.7 Å². The van der Waals surface area contributed by atoms with Crippen molar-refractivity contribution in [2.75, 3.05) is 6.61 Å². The van der Waals surface area contributed by atoms with E-state index in [0.717, 1.165) is 0 Å². The highest BCUT2D eigenvalue weighted by Gasteiger charge is 2.26. The number of aliphatic carboxylic acids is 1. The molecule has 1 rings (SSSR count). The maximum Gasteiger partial charge on any atom is 0.309 e. The number of benzene rings is 1. The first-order valence-corrected chi connectivity index (χ1v) is 6.02. The number of carbonyl (C=O) groups is 1. The molecule has 0 aliphatic carbocycles. The van der Waals surface area contributed by atoms with Crippen LogP contribution < -0.4 is 4.74 Å². The maximum absolute atomic E-state index is 12.9. The molecule has 0 aromatic heterocycles. The largest absolute Gasteiger partial charge is 0.494 e. The van der Waals surface area contributed by atoms with Crippen LogP contribution in [0.5, 0.6) is 5.75 Å². The summed E-state index contributed by atoms with van der Waals surface area (Å²) in [6, 6.07) is 4.13. The molecule has 0 aliphatic rings. The van der Waals surface area contributed by atoms with Gasteiger partial charge >= 0.3 is 5.97 Å². The Morgan fingerprint density at radius 3 is 2.72 bits per heavy atom. The van der Waals surface area contributed by atoms with E-state index in [1.54, 1.807) is 13.8 Å². The van der Waals surface area contributed by atoms with E-state index in [4.69, 9.17) is 21.4 Å². The lowest BCUT2D eigenvalue weighted by Crippen LogP contribution is -2.24. The molecule has 0 saturated heterocycles. The summed E-state index contributed by atoms with van der Waals surface area (Å²) in [6.45, 7) is 3.72. The highest BCUT2D eigenvalue weighted by atomic mass is 35.5. The average molecular weight is 275 g/mol. The van der Waals surface area contributed by atoms with Gasteiger partial charge in [-0.05, 0) is 38.8 Å². The third kappa shape index (κ3) is 4.18. The van der Waals surface area contributed by atoms with E-state index in [9.17, 15) is 9.18 Å². The van der Waals surface area contributed by atoms with Crippen molar-refractivity contribution >= 4 is 17.6 Å². The average Bonchev–Trinajstić information content (AvgIpc) is 2.29. The van der Waals surface area contributed by atoms with E-state index in [-0.39, 0.29) is 5.02 Å². The van der Waals surface area contributed by atoms with Crippen LogP contribution in [0.1, 0.15) is 26.7 Å². The molecule has 0 atom stereocenters. The standard InChI is InChI=1S/C13H16ClFO3/c1-13(2,12(16)17)6-3-7-18-9-4-5-11(15)10(14)8-9/h4-5,8H,3,6-7H2,1-2H3,(H,16,17). The first-order chi connectivity index (χ1) is 8.33. The SMILES string of the molecule is CC(C)(CCCOc1ccc(F)c(Cl)c1)C(=O)O. The van der Waals surface area contributed by atoms with Crippen LogP contribution in [-0.4, -0.2) is 17.7 Å². The van der Waals surface area contributed by atoms with Gasteiger partial charge in [0.15, 0.2) is 0 Å². The summed E-state index contributed by atoms with van der Waals surface area (Å²) in [6.07, 6.45) is 1.12. The van der Waals surface area contributed by atoms with Crippen LogP contribution in [0, 0.1) is 11.2 Å². The first kappa shape index (κ1) is 14.8. The van der Waals surface area contributed by atoms with Gasteiger partial charge in [0.25, 0.3) is 0 Å². The molecule has 18 heavy (non-hydrogen) atoms. The van der Waals surface area contributed by atoms with Gasteiger partial charge < -0.3 is 9.84 Å². The predicted octanol–water partition coefficient (Wildman–Crippen LogP) is 3.75. The predicted molar refractivity (Wildman–Crippen MR) is 67.6 cm³/mol. The summed E-state index contributed by atoms with van der Waals surface area (Å²) < 4.78 is 18.3. The zero-order valence-corrected chi connectivity index (χ0v) is 11.1. The van der Waals surface area contributed by atoms with Crippen LogP contribution in [0.25, 0.3) is 0 Å². The minimum atomic E-state index is -0.827. The Labute approximate surface area is 111 Å². The van der Waals surface area contributed by atoms with Crippen molar-refractivity contribution in [1.29, 1.82) is 0 Å². The molecule has 0 heterocycles. The second-order valence-electron chi connectivity index (χ2n) is 4.72. The normalized spacial score (nSPS) is 11.3. The highest BCUT2D eigenvalue weighted by Crippen LogP contribution is 2.24. The summed E-state index contributed by atoms with van der Waals surface area (Å²) >= 11 is 5.61. The lowest BCUT2D eigenvalue weighted by atomic mass is 9.88. The van der Waals surface area contributed by atoms with Gasteiger partial charge in [0.1, 0.15) is 11.6 Å². The van der Waals surface area contributed by atoms with Crippen molar-refractivity contribution in [3.8, 4) is 5.75 Å². The van der Waals surface area contributed by atoms with E-state index < -0.39 is 17.2 Å². The minimum absolute atomic E-state index is 0.0124. The fourth-order valence-electron chi connectivity index (χ4n) is 1.38. The fraction of sp³-hybridized carbons (Fsp3) is 0.462. The Kier molecular flexibility index (Phi) is 4.96. The molecular formula is C13H16ClFO3. The minimum Gasteiger partial charge on any atom is -0.494 e. The summed E-state index contributed by atoms with van der Waals surface area (Å²) in [5, 5.41) is 8.94. The van der Waals surface area contributed by atoms with Gasteiger partial charge in [0.05, 0.1) is 17.0 Å². The van der Waals surface area contributed by atoms with E-state index in [2.05, 4.69) is 0 Å². The molecule has 0 amide bonds. The van der Waals surface area contributed by atoms with Crippen LogP contribution in [-0.2, 0) is 4.79 Å². The van der Waals surface area contributed by atoms with Crippen LogP contribution in [0.2, 0.25) is 5.02 Å². The molecule has 1 aromatic carbocycles. The van der Waals surface area contributed by atoms with Crippen LogP contribution in [0.15, 0.2) is 18.2 Å². The Balaban J connectivity index is 2.38. The molecule has 1 N–H and O–H groups in total. The number of ether oxygens (including phenoxy) is 1. The summed E-state index contributed by atoms with van der Waals surface area (Å²) in [4.78, 5) is 10.9. The van der Waals surface area contributed by atoms with Crippen molar-refractivity contribution in [1.82, 2.24) is 0 Å². The highest BCUT2D eigenvalue weighted by molar-refractivity contribution is 6.30. The molecule has 0 unspecified atom stereocenters. The van der Waals surface area contributed by atoms with Crippen molar-refractivity contribution < 1.29 is 19.0 Å². The quantitative estimate of drug-likeness (QED) is 0.804.